The number of nitrogens with one attached hydrogen (secondary N) is 1. The van der Waals surface area contributed by atoms with E-state index in [4.69, 9.17) is 14.9 Å². The zero-order valence-electron chi connectivity index (χ0n) is 15.8. The Balaban J connectivity index is 2.67. The molecule has 0 aromatic heterocycles. The second kappa shape index (κ2) is 12.6. The lowest BCUT2D eigenvalue weighted by molar-refractivity contribution is -0.143. The first-order valence-corrected chi connectivity index (χ1v) is 9.13. The molecule has 8 nitrogen and oxygen atoms in total. The van der Waals surface area contributed by atoms with Crippen LogP contribution in [-0.4, -0.2) is 46.4 Å². The summed E-state index contributed by atoms with van der Waals surface area (Å²) in [6.45, 7) is 0.835. The summed E-state index contributed by atoms with van der Waals surface area (Å²) in [6.07, 6.45) is 6.75. The Morgan fingerprint density at radius 3 is 2.29 bits per heavy atom. The Bertz CT molecular complexity index is 666. The van der Waals surface area contributed by atoms with E-state index in [2.05, 4.69) is 5.32 Å². The van der Waals surface area contributed by atoms with Crippen molar-refractivity contribution in [3.05, 3.63) is 42.0 Å². The molecule has 0 heterocycles. The number of carboxylic acid groups (broad SMARTS) is 1. The fourth-order valence-electron chi connectivity index (χ4n) is 2.33. The second-order valence-electron chi connectivity index (χ2n) is 6.16. The van der Waals surface area contributed by atoms with Gasteiger partial charge in [-0.15, -0.1) is 0 Å². The van der Waals surface area contributed by atoms with Gasteiger partial charge in [-0.05, 0) is 37.0 Å². The molecule has 1 unspecified atom stereocenters. The summed E-state index contributed by atoms with van der Waals surface area (Å²) in [4.78, 5) is 35.2. The predicted molar refractivity (Wildman–Crippen MR) is 102 cm³/mol. The molecule has 0 bridgehead atoms. The van der Waals surface area contributed by atoms with Crippen molar-refractivity contribution in [2.24, 2.45) is 5.92 Å². The van der Waals surface area contributed by atoms with E-state index in [9.17, 15) is 19.5 Å². The van der Waals surface area contributed by atoms with Crippen LogP contribution in [0.3, 0.4) is 0 Å². The maximum atomic E-state index is 11.9. The van der Waals surface area contributed by atoms with E-state index in [-0.39, 0.29) is 23.7 Å². The van der Waals surface area contributed by atoms with Crippen LogP contribution < -0.4 is 10.1 Å². The third-order valence-corrected chi connectivity index (χ3v) is 3.94. The molecule has 154 valence electrons. The monoisotopic (exact) mass is 393 g/mol. The fraction of sp³-hybridized carbons (Fsp3) is 0.450. The maximum Gasteiger partial charge on any atom is 0.330 e. The molecular weight excluding hydrogens is 366 g/mol. The quantitative estimate of drug-likeness (QED) is 0.183. The molecule has 1 aromatic rings. The number of aliphatic carboxylic acids is 1. The number of esters is 1. The van der Waals surface area contributed by atoms with Gasteiger partial charge in [0.15, 0.2) is 6.04 Å². The number of hydrogen-bond donors (Lipinski definition) is 4. The first-order valence-electron chi connectivity index (χ1n) is 9.13. The average molecular weight is 393 g/mol. The van der Waals surface area contributed by atoms with Gasteiger partial charge in [-0.25, -0.2) is 4.79 Å². The number of rotatable bonds is 12. The second-order valence-corrected chi connectivity index (χ2v) is 6.16. The van der Waals surface area contributed by atoms with E-state index in [0.717, 1.165) is 12.8 Å². The topological polar surface area (TPSA) is 133 Å². The predicted octanol–water partition coefficient (Wildman–Crippen LogP) is 1.57. The van der Waals surface area contributed by atoms with Crippen molar-refractivity contribution in [3.63, 3.8) is 0 Å². The Kier molecular flexibility index (Phi) is 10.5. The standard InChI is InChI=1S/C20H27NO7/c1-2-3-4-5-6-7-17(24)28-16-10-8-14(9-11-16)18(20(26)27)21-19(25)15(12-22)13-23/h3-4,8-11,15,18,22-23H,2,5-7,12-13H2,1H3,(H,21,25)(H,26,27)/b4-3-. The molecule has 1 rings (SSSR count). The van der Waals surface area contributed by atoms with Crippen LogP contribution in [0.5, 0.6) is 5.75 Å². The van der Waals surface area contributed by atoms with Crippen molar-refractivity contribution in [1.29, 1.82) is 0 Å². The summed E-state index contributed by atoms with van der Waals surface area (Å²) in [5.41, 5.74) is 0.264. The Morgan fingerprint density at radius 2 is 1.75 bits per heavy atom. The molecule has 8 heteroatoms. The average Bonchev–Trinajstić information content (AvgIpc) is 2.67. The van der Waals surface area contributed by atoms with Crippen molar-refractivity contribution < 1.29 is 34.4 Å². The van der Waals surface area contributed by atoms with Gasteiger partial charge in [0.05, 0.1) is 19.1 Å². The normalized spacial score (nSPS) is 12.1. The van der Waals surface area contributed by atoms with Gasteiger partial charge in [0.25, 0.3) is 0 Å². The number of aliphatic hydroxyl groups excluding tert-OH is 2. The SMILES string of the molecule is CC/C=C\CCCC(=O)Oc1ccc(C(NC(=O)C(CO)CO)C(=O)O)cc1. The van der Waals surface area contributed by atoms with Gasteiger partial charge in [0.1, 0.15) is 5.75 Å². The van der Waals surface area contributed by atoms with Crippen LogP contribution in [0.25, 0.3) is 0 Å². The molecule has 28 heavy (non-hydrogen) atoms. The highest BCUT2D eigenvalue weighted by Gasteiger charge is 2.26. The number of aliphatic hydroxyl groups is 2. The zero-order chi connectivity index (χ0) is 20.9. The number of allylic oxidation sites excluding steroid dienone is 2. The number of ether oxygens (including phenoxy) is 1. The van der Waals surface area contributed by atoms with Gasteiger partial charge in [0, 0.05) is 6.42 Å². The minimum absolute atomic E-state index is 0.264. The van der Waals surface area contributed by atoms with Crippen molar-refractivity contribution in [2.45, 2.75) is 38.6 Å². The van der Waals surface area contributed by atoms with E-state index >= 15 is 0 Å². The number of benzene rings is 1. The Morgan fingerprint density at radius 1 is 1.11 bits per heavy atom. The minimum atomic E-state index is -1.36. The number of carboxylic acids is 1. The molecule has 0 aliphatic rings. The number of carbonyl (C=O) groups is 3. The number of hydrogen-bond acceptors (Lipinski definition) is 6. The van der Waals surface area contributed by atoms with Crippen molar-refractivity contribution in [3.8, 4) is 5.75 Å². The smallest absolute Gasteiger partial charge is 0.330 e. The third-order valence-electron chi connectivity index (χ3n) is 3.94. The lowest BCUT2D eigenvalue weighted by Crippen LogP contribution is -2.40. The number of amides is 1. The van der Waals surface area contributed by atoms with E-state index in [1.54, 1.807) is 0 Å². The first kappa shape index (κ1) is 23.3. The lowest BCUT2D eigenvalue weighted by Gasteiger charge is -2.18. The molecule has 4 N–H and O–H groups in total. The highest BCUT2D eigenvalue weighted by molar-refractivity contribution is 5.86. The first-order chi connectivity index (χ1) is 13.4. The van der Waals surface area contributed by atoms with Gasteiger partial charge in [0.2, 0.25) is 5.91 Å². The fourth-order valence-corrected chi connectivity index (χ4v) is 2.33. The van der Waals surface area contributed by atoms with Crippen LogP contribution in [0.15, 0.2) is 36.4 Å². The molecular formula is C20H27NO7. The minimum Gasteiger partial charge on any atom is -0.479 e. The van der Waals surface area contributed by atoms with Crippen LogP contribution in [0.1, 0.15) is 44.2 Å². The van der Waals surface area contributed by atoms with Gasteiger partial charge in [-0.1, -0.05) is 31.2 Å². The van der Waals surface area contributed by atoms with Crippen molar-refractivity contribution in [1.82, 2.24) is 5.32 Å². The van der Waals surface area contributed by atoms with Crippen molar-refractivity contribution >= 4 is 17.8 Å². The molecule has 0 saturated carbocycles. The molecule has 0 saturated heterocycles. The van der Waals surface area contributed by atoms with Crippen LogP contribution in [0, 0.1) is 5.92 Å². The highest BCUT2D eigenvalue weighted by Crippen LogP contribution is 2.19. The molecule has 0 spiro atoms. The summed E-state index contributed by atoms with van der Waals surface area (Å²) in [5.74, 6) is -3.28. The molecule has 0 radical (unpaired) electrons. The van der Waals surface area contributed by atoms with Gasteiger partial charge >= 0.3 is 11.9 Å². The van der Waals surface area contributed by atoms with E-state index in [1.165, 1.54) is 24.3 Å². The largest absolute Gasteiger partial charge is 0.479 e. The maximum absolute atomic E-state index is 11.9. The number of carbonyl (C=O) groups excluding carboxylic acids is 2. The molecule has 0 fully saturated rings. The Labute approximate surface area is 163 Å². The van der Waals surface area contributed by atoms with Crippen LogP contribution in [0.4, 0.5) is 0 Å². The van der Waals surface area contributed by atoms with Gasteiger partial charge in [-0.3, -0.25) is 9.59 Å². The highest BCUT2D eigenvalue weighted by atomic mass is 16.5. The summed E-state index contributed by atoms with van der Waals surface area (Å²) in [6, 6.07) is 4.39. The lowest BCUT2D eigenvalue weighted by atomic mass is 10.0. The molecule has 0 aliphatic carbocycles. The summed E-state index contributed by atoms with van der Waals surface area (Å²) in [7, 11) is 0. The van der Waals surface area contributed by atoms with E-state index in [1.807, 2.05) is 19.1 Å². The molecule has 1 atom stereocenters. The zero-order valence-corrected chi connectivity index (χ0v) is 15.8. The van der Waals surface area contributed by atoms with Gasteiger partial charge in [-0.2, -0.15) is 0 Å². The van der Waals surface area contributed by atoms with Crippen molar-refractivity contribution in [2.75, 3.05) is 13.2 Å². The van der Waals surface area contributed by atoms with E-state index < -0.39 is 37.0 Å². The van der Waals surface area contributed by atoms with Crippen LogP contribution in [-0.2, 0) is 14.4 Å². The molecule has 0 aliphatic heterocycles. The number of unbranched alkanes of at least 4 members (excludes halogenated alkanes) is 1. The van der Waals surface area contributed by atoms with Crippen LogP contribution in [0.2, 0.25) is 0 Å². The van der Waals surface area contributed by atoms with Crippen LogP contribution >= 0.6 is 0 Å². The Hall–Kier alpha value is -2.71. The summed E-state index contributed by atoms with van der Waals surface area (Å²) in [5, 5.41) is 29.7. The molecule has 1 amide bonds. The van der Waals surface area contributed by atoms with Gasteiger partial charge < -0.3 is 25.4 Å². The third kappa shape index (κ3) is 7.89. The molecule has 1 aromatic carbocycles. The summed E-state index contributed by atoms with van der Waals surface area (Å²) < 4.78 is 5.21. The van der Waals surface area contributed by atoms with E-state index in [0.29, 0.717) is 6.42 Å². The summed E-state index contributed by atoms with van der Waals surface area (Å²) >= 11 is 0.